The smallest absolute Gasteiger partial charge is 0.323 e. The molecule has 0 radical (unpaired) electrons. The van der Waals surface area contributed by atoms with Crippen molar-refractivity contribution in [1.29, 1.82) is 0 Å². The molecular weight excluding hydrogens is 314 g/mol. The number of carbonyl (C=O) groups is 2. The predicted octanol–water partition coefficient (Wildman–Crippen LogP) is 4.73. The van der Waals surface area contributed by atoms with Gasteiger partial charge in [-0.15, -0.1) is 0 Å². The first-order valence-electron chi connectivity index (χ1n) is 8.62. The minimum absolute atomic E-state index is 0.0436. The van der Waals surface area contributed by atoms with Crippen LogP contribution in [0.5, 0.6) is 0 Å². The summed E-state index contributed by atoms with van der Waals surface area (Å²) >= 11 is 0. The largest absolute Gasteiger partial charge is 0.326 e. The van der Waals surface area contributed by atoms with Gasteiger partial charge in [-0.25, -0.2) is 4.79 Å². The molecule has 1 aliphatic heterocycles. The highest BCUT2D eigenvalue weighted by atomic mass is 16.2. The van der Waals surface area contributed by atoms with Crippen molar-refractivity contribution >= 4 is 29.0 Å². The van der Waals surface area contributed by atoms with Gasteiger partial charge in [0.25, 0.3) is 0 Å². The van der Waals surface area contributed by atoms with E-state index in [0.717, 1.165) is 29.8 Å². The molecule has 3 amide bonds. The standard InChI is InChI=1S/C20H23N3O2/c1-13(2)14-6-8-16(9-7-14)21-20(25)22-17-10-11-18-15(12-17)4-3-5-19(24)23-18/h6-13H,3-5H2,1-2H3,(H,23,24)(H2,21,22,25). The van der Waals surface area contributed by atoms with Crippen LogP contribution in [0.1, 0.15) is 43.7 Å². The molecule has 3 N–H and O–H groups in total. The molecule has 0 aromatic heterocycles. The van der Waals surface area contributed by atoms with Crippen molar-refractivity contribution in [2.75, 3.05) is 16.0 Å². The SMILES string of the molecule is CC(C)c1ccc(NC(=O)Nc2ccc3c(c2)CCCC(=O)N3)cc1. The van der Waals surface area contributed by atoms with Crippen LogP contribution in [-0.2, 0) is 11.2 Å². The van der Waals surface area contributed by atoms with Gasteiger partial charge in [0.15, 0.2) is 0 Å². The number of benzene rings is 2. The maximum absolute atomic E-state index is 12.2. The van der Waals surface area contributed by atoms with Gasteiger partial charge in [0.05, 0.1) is 0 Å². The van der Waals surface area contributed by atoms with Gasteiger partial charge in [0.2, 0.25) is 5.91 Å². The van der Waals surface area contributed by atoms with E-state index < -0.39 is 0 Å². The van der Waals surface area contributed by atoms with E-state index in [1.807, 2.05) is 36.4 Å². The van der Waals surface area contributed by atoms with Gasteiger partial charge in [-0.05, 0) is 60.2 Å². The zero-order chi connectivity index (χ0) is 17.8. The van der Waals surface area contributed by atoms with Crippen LogP contribution in [0.15, 0.2) is 42.5 Å². The third-order valence-electron chi connectivity index (χ3n) is 4.32. The van der Waals surface area contributed by atoms with Gasteiger partial charge in [-0.2, -0.15) is 0 Å². The Labute approximate surface area is 147 Å². The average molecular weight is 337 g/mol. The van der Waals surface area contributed by atoms with Crippen LogP contribution in [0.4, 0.5) is 21.9 Å². The molecule has 3 rings (SSSR count). The van der Waals surface area contributed by atoms with Gasteiger partial charge in [0.1, 0.15) is 0 Å². The van der Waals surface area contributed by atoms with Crippen molar-refractivity contribution in [3.63, 3.8) is 0 Å². The Kier molecular flexibility index (Phi) is 5.03. The number of anilines is 3. The fourth-order valence-electron chi connectivity index (χ4n) is 2.90. The maximum Gasteiger partial charge on any atom is 0.323 e. The van der Waals surface area contributed by atoms with Gasteiger partial charge >= 0.3 is 6.03 Å². The molecule has 0 atom stereocenters. The molecule has 1 aliphatic rings. The lowest BCUT2D eigenvalue weighted by atomic mass is 10.0. The minimum Gasteiger partial charge on any atom is -0.326 e. The van der Waals surface area contributed by atoms with Crippen LogP contribution in [-0.4, -0.2) is 11.9 Å². The Morgan fingerprint density at radius 1 is 1.00 bits per heavy atom. The molecule has 25 heavy (non-hydrogen) atoms. The van der Waals surface area contributed by atoms with Crippen molar-refractivity contribution in [3.8, 4) is 0 Å². The van der Waals surface area contributed by atoms with Gasteiger partial charge < -0.3 is 16.0 Å². The van der Waals surface area contributed by atoms with E-state index in [9.17, 15) is 9.59 Å². The van der Waals surface area contributed by atoms with Crippen molar-refractivity contribution in [2.24, 2.45) is 0 Å². The molecule has 0 saturated heterocycles. The van der Waals surface area contributed by atoms with Crippen molar-refractivity contribution in [1.82, 2.24) is 0 Å². The van der Waals surface area contributed by atoms with Crippen LogP contribution in [0.25, 0.3) is 0 Å². The highest BCUT2D eigenvalue weighted by Gasteiger charge is 2.13. The molecule has 0 bridgehead atoms. The van der Waals surface area contributed by atoms with E-state index in [0.29, 0.717) is 18.0 Å². The monoisotopic (exact) mass is 337 g/mol. The van der Waals surface area contributed by atoms with E-state index in [-0.39, 0.29) is 11.9 Å². The van der Waals surface area contributed by atoms with E-state index in [1.54, 1.807) is 6.07 Å². The molecule has 5 heteroatoms. The van der Waals surface area contributed by atoms with Crippen LogP contribution >= 0.6 is 0 Å². The summed E-state index contributed by atoms with van der Waals surface area (Å²) in [6, 6.07) is 13.1. The van der Waals surface area contributed by atoms with Crippen LogP contribution in [0.2, 0.25) is 0 Å². The highest BCUT2D eigenvalue weighted by Crippen LogP contribution is 2.25. The molecule has 0 fully saturated rings. The van der Waals surface area contributed by atoms with Crippen LogP contribution in [0.3, 0.4) is 0 Å². The zero-order valence-electron chi connectivity index (χ0n) is 14.6. The summed E-state index contributed by atoms with van der Waals surface area (Å²) in [5.41, 5.74) is 4.58. The predicted molar refractivity (Wildman–Crippen MR) is 101 cm³/mol. The summed E-state index contributed by atoms with van der Waals surface area (Å²) in [5, 5.41) is 8.57. The second kappa shape index (κ2) is 7.38. The summed E-state index contributed by atoms with van der Waals surface area (Å²) in [5.74, 6) is 0.505. The molecule has 0 spiro atoms. The normalized spacial score (nSPS) is 13.6. The van der Waals surface area contributed by atoms with E-state index in [4.69, 9.17) is 0 Å². The second-order valence-corrected chi connectivity index (χ2v) is 6.63. The lowest BCUT2D eigenvalue weighted by Gasteiger charge is -2.12. The number of hydrogen-bond acceptors (Lipinski definition) is 2. The average Bonchev–Trinajstić information content (AvgIpc) is 2.75. The van der Waals surface area contributed by atoms with E-state index in [1.165, 1.54) is 5.56 Å². The molecule has 0 saturated carbocycles. The Morgan fingerprint density at radius 3 is 2.40 bits per heavy atom. The maximum atomic E-state index is 12.2. The molecule has 0 aliphatic carbocycles. The molecule has 2 aromatic rings. The summed E-state index contributed by atoms with van der Waals surface area (Å²) in [6.07, 6.45) is 2.17. The summed E-state index contributed by atoms with van der Waals surface area (Å²) < 4.78 is 0. The number of rotatable bonds is 3. The van der Waals surface area contributed by atoms with Crippen molar-refractivity contribution < 1.29 is 9.59 Å². The summed E-state index contributed by atoms with van der Waals surface area (Å²) in [7, 11) is 0. The third kappa shape index (κ3) is 4.38. The molecule has 0 unspecified atom stereocenters. The first-order chi connectivity index (χ1) is 12.0. The Balaban J connectivity index is 1.65. The number of fused-ring (bicyclic) bond motifs is 1. The lowest BCUT2D eigenvalue weighted by molar-refractivity contribution is -0.116. The number of carbonyl (C=O) groups excluding carboxylic acids is 2. The molecular formula is C20H23N3O2. The number of aryl methyl sites for hydroxylation is 1. The van der Waals surface area contributed by atoms with E-state index >= 15 is 0 Å². The fourth-order valence-corrected chi connectivity index (χ4v) is 2.90. The van der Waals surface area contributed by atoms with Crippen LogP contribution in [0, 0.1) is 0 Å². The molecule has 1 heterocycles. The third-order valence-corrected chi connectivity index (χ3v) is 4.32. The summed E-state index contributed by atoms with van der Waals surface area (Å²) in [6.45, 7) is 4.27. The fraction of sp³-hybridized carbons (Fsp3) is 0.300. The Hall–Kier alpha value is -2.82. The van der Waals surface area contributed by atoms with Crippen molar-refractivity contribution in [2.45, 2.75) is 39.0 Å². The van der Waals surface area contributed by atoms with Crippen molar-refractivity contribution in [3.05, 3.63) is 53.6 Å². The van der Waals surface area contributed by atoms with Gasteiger partial charge in [-0.3, -0.25) is 4.79 Å². The number of amides is 3. The molecule has 2 aromatic carbocycles. The van der Waals surface area contributed by atoms with Gasteiger partial charge in [-0.1, -0.05) is 26.0 Å². The number of urea groups is 1. The minimum atomic E-state index is -0.282. The number of nitrogens with one attached hydrogen (secondary N) is 3. The first kappa shape index (κ1) is 17.0. The quantitative estimate of drug-likeness (QED) is 0.758. The van der Waals surface area contributed by atoms with Gasteiger partial charge in [0, 0.05) is 23.5 Å². The molecule has 5 nitrogen and oxygen atoms in total. The zero-order valence-corrected chi connectivity index (χ0v) is 14.6. The first-order valence-corrected chi connectivity index (χ1v) is 8.62. The Bertz CT molecular complexity index is 782. The Morgan fingerprint density at radius 2 is 1.68 bits per heavy atom. The van der Waals surface area contributed by atoms with Crippen LogP contribution < -0.4 is 16.0 Å². The number of hydrogen-bond donors (Lipinski definition) is 3. The molecule has 130 valence electrons. The van der Waals surface area contributed by atoms with E-state index in [2.05, 4.69) is 29.8 Å². The summed E-state index contributed by atoms with van der Waals surface area (Å²) in [4.78, 5) is 23.8. The second-order valence-electron chi connectivity index (χ2n) is 6.63. The topological polar surface area (TPSA) is 70.2 Å². The highest BCUT2D eigenvalue weighted by molar-refractivity contribution is 6.00. The lowest BCUT2D eigenvalue weighted by Crippen LogP contribution is -2.19.